The number of likely N-dealkylation sites (tertiary alicyclic amines) is 1. The number of primary amides is 1. The molecule has 1 rings (SSSR count). The molecule has 104 valence electrons. The maximum absolute atomic E-state index is 11.0. The van der Waals surface area contributed by atoms with Gasteiger partial charge in [0, 0.05) is 19.4 Å². The van der Waals surface area contributed by atoms with Gasteiger partial charge in [0.25, 0.3) is 0 Å². The van der Waals surface area contributed by atoms with Crippen molar-refractivity contribution in [2.45, 2.75) is 38.5 Å². The Morgan fingerprint density at radius 3 is 2.83 bits per heavy atom. The number of nitrogens with zero attached hydrogens (tertiary/aromatic N) is 1. The minimum Gasteiger partial charge on any atom is -0.469 e. The summed E-state index contributed by atoms with van der Waals surface area (Å²) in [5.74, 6) is 0.222. The molecule has 0 saturated carbocycles. The van der Waals surface area contributed by atoms with Crippen molar-refractivity contribution in [1.82, 2.24) is 4.90 Å². The molecule has 0 spiro atoms. The molecule has 1 aliphatic rings. The molecule has 5 nitrogen and oxygen atoms in total. The molecule has 0 aromatic rings. The van der Waals surface area contributed by atoms with Gasteiger partial charge in [-0.05, 0) is 44.7 Å². The molecule has 1 amide bonds. The average molecular weight is 256 g/mol. The van der Waals surface area contributed by atoms with Gasteiger partial charge in [-0.25, -0.2) is 0 Å². The number of carbonyl (C=O) groups is 2. The van der Waals surface area contributed by atoms with Crippen molar-refractivity contribution in [2.24, 2.45) is 11.7 Å². The Hall–Kier alpha value is -1.10. The summed E-state index contributed by atoms with van der Waals surface area (Å²) in [4.78, 5) is 24.1. The molecule has 0 aliphatic carbocycles. The lowest BCUT2D eigenvalue weighted by Crippen LogP contribution is -2.36. The molecule has 1 aliphatic heterocycles. The molecular weight excluding hydrogens is 232 g/mol. The summed E-state index contributed by atoms with van der Waals surface area (Å²) in [6.45, 7) is 3.05. The summed E-state index contributed by atoms with van der Waals surface area (Å²) in [5.41, 5.74) is 5.17. The first-order valence-electron chi connectivity index (χ1n) is 6.69. The minimum absolute atomic E-state index is 0.141. The zero-order chi connectivity index (χ0) is 13.4. The van der Waals surface area contributed by atoms with Crippen molar-refractivity contribution >= 4 is 11.9 Å². The van der Waals surface area contributed by atoms with E-state index in [9.17, 15) is 9.59 Å². The minimum atomic E-state index is -0.210. The van der Waals surface area contributed by atoms with Crippen molar-refractivity contribution in [3.8, 4) is 0 Å². The normalized spacial score (nSPS) is 20.6. The first-order chi connectivity index (χ1) is 8.61. The third kappa shape index (κ3) is 6.00. The summed E-state index contributed by atoms with van der Waals surface area (Å²) in [6, 6.07) is 0. The third-order valence-electron chi connectivity index (χ3n) is 3.49. The van der Waals surface area contributed by atoms with E-state index in [4.69, 9.17) is 5.73 Å². The molecular formula is C13H24N2O3. The highest BCUT2D eigenvalue weighted by atomic mass is 16.5. The summed E-state index contributed by atoms with van der Waals surface area (Å²) >= 11 is 0. The number of nitrogens with two attached hydrogens (primary N) is 1. The molecule has 1 saturated heterocycles. The van der Waals surface area contributed by atoms with Crippen LogP contribution in [0.1, 0.15) is 38.5 Å². The molecule has 5 heteroatoms. The highest BCUT2D eigenvalue weighted by Crippen LogP contribution is 2.21. The van der Waals surface area contributed by atoms with Crippen LogP contribution in [0.2, 0.25) is 0 Å². The number of hydrogen-bond acceptors (Lipinski definition) is 4. The van der Waals surface area contributed by atoms with E-state index in [1.54, 1.807) is 0 Å². The number of hydrogen-bond donors (Lipinski definition) is 1. The summed E-state index contributed by atoms with van der Waals surface area (Å²) in [7, 11) is 1.42. The molecule has 1 atom stereocenters. The predicted molar refractivity (Wildman–Crippen MR) is 68.8 cm³/mol. The second-order valence-corrected chi connectivity index (χ2v) is 4.99. The predicted octanol–water partition coefficient (Wildman–Crippen LogP) is 0.917. The van der Waals surface area contributed by atoms with Crippen LogP contribution in [-0.4, -0.2) is 43.5 Å². The van der Waals surface area contributed by atoms with Crippen LogP contribution in [0.3, 0.4) is 0 Å². The SMILES string of the molecule is COC(=O)CCCN1CCCC(CCC(N)=O)C1. The summed E-state index contributed by atoms with van der Waals surface area (Å²) in [6.07, 6.45) is 5.06. The lowest BCUT2D eigenvalue weighted by molar-refractivity contribution is -0.140. The third-order valence-corrected chi connectivity index (χ3v) is 3.49. The van der Waals surface area contributed by atoms with Crippen LogP contribution < -0.4 is 5.73 Å². The Balaban J connectivity index is 2.18. The van der Waals surface area contributed by atoms with Crippen LogP contribution >= 0.6 is 0 Å². The second-order valence-electron chi connectivity index (χ2n) is 4.99. The van der Waals surface area contributed by atoms with Gasteiger partial charge in [0.2, 0.25) is 5.91 Å². The van der Waals surface area contributed by atoms with Gasteiger partial charge in [-0.15, -0.1) is 0 Å². The summed E-state index contributed by atoms with van der Waals surface area (Å²) in [5, 5.41) is 0. The Morgan fingerprint density at radius 1 is 1.39 bits per heavy atom. The maximum atomic E-state index is 11.0. The highest BCUT2D eigenvalue weighted by molar-refractivity contribution is 5.73. The lowest BCUT2D eigenvalue weighted by atomic mass is 9.93. The Morgan fingerprint density at radius 2 is 2.17 bits per heavy atom. The van der Waals surface area contributed by atoms with E-state index in [0.717, 1.165) is 32.5 Å². The van der Waals surface area contributed by atoms with Crippen LogP contribution in [0.15, 0.2) is 0 Å². The van der Waals surface area contributed by atoms with E-state index in [0.29, 0.717) is 18.8 Å². The molecule has 0 radical (unpaired) electrons. The van der Waals surface area contributed by atoms with E-state index in [2.05, 4.69) is 9.64 Å². The standard InChI is InChI=1S/C13H24N2O3/c1-18-13(17)5-3-9-15-8-2-4-11(10-15)6-7-12(14)16/h11H,2-10H2,1H3,(H2,14,16). The molecule has 1 heterocycles. The number of piperidine rings is 1. The molecule has 0 aromatic carbocycles. The Bertz CT molecular complexity index is 281. The number of carbonyl (C=O) groups excluding carboxylic acids is 2. The smallest absolute Gasteiger partial charge is 0.305 e. The van der Waals surface area contributed by atoms with Gasteiger partial charge < -0.3 is 15.4 Å². The zero-order valence-corrected chi connectivity index (χ0v) is 11.2. The van der Waals surface area contributed by atoms with Gasteiger partial charge in [0.1, 0.15) is 0 Å². The van der Waals surface area contributed by atoms with Crippen LogP contribution in [0.5, 0.6) is 0 Å². The van der Waals surface area contributed by atoms with Gasteiger partial charge in [0.05, 0.1) is 7.11 Å². The van der Waals surface area contributed by atoms with E-state index in [1.165, 1.54) is 20.0 Å². The van der Waals surface area contributed by atoms with Gasteiger partial charge in [-0.2, -0.15) is 0 Å². The number of amides is 1. The molecule has 1 fully saturated rings. The number of methoxy groups -OCH3 is 1. The fraction of sp³-hybridized carbons (Fsp3) is 0.846. The van der Waals surface area contributed by atoms with E-state index >= 15 is 0 Å². The van der Waals surface area contributed by atoms with E-state index < -0.39 is 0 Å². The quantitative estimate of drug-likeness (QED) is 0.687. The first kappa shape index (κ1) is 15.0. The second kappa shape index (κ2) is 8.08. The van der Waals surface area contributed by atoms with Gasteiger partial charge in [0.15, 0.2) is 0 Å². The topological polar surface area (TPSA) is 72.6 Å². The number of ether oxygens (including phenoxy) is 1. The molecule has 18 heavy (non-hydrogen) atoms. The fourth-order valence-corrected chi connectivity index (χ4v) is 2.49. The van der Waals surface area contributed by atoms with Crippen molar-refractivity contribution < 1.29 is 14.3 Å². The van der Waals surface area contributed by atoms with Crippen molar-refractivity contribution in [3.05, 3.63) is 0 Å². The molecule has 0 bridgehead atoms. The van der Waals surface area contributed by atoms with Gasteiger partial charge >= 0.3 is 5.97 Å². The monoisotopic (exact) mass is 256 g/mol. The van der Waals surface area contributed by atoms with E-state index in [-0.39, 0.29) is 11.9 Å². The molecule has 2 N–H and O–H groups in total. The Labute approximate surface area is 109 Å². The van der Waals surface area contributed by atoms with Gasteiger partial charge in [-0.3, -0.25) is 9.59 Å². The van der Waals surface area contributed by atoms with Crippen molar-refractivity contribution in [3.63, 3.8) is 0 Å². The first-order valence-corrected chi connectivity index (χ1v) is 6.69. The maximum Gasteiger partial charge on any atom is 0.305 e. The Kier molecular flexibility index (Phi) is 6.72. The average Bonchev–Trinajstić information content (AvgIpc) is 2.36. The number of esters is 1. The van der Waals surface area contributed by atoms with Crippen molar-refractivity contribution in [1.29, 1.82) is 0 Å². The van der Waals surface area contributed by atoms with Crippen LogP contribution in [-0.2, 0) is 14.3 Å². The fourth-order valence-electron chi connectivity index (χ4n) is 2.49. The zero-order valence-electron chi connectivity index (χ0n) is 11.2. The lowest BCUT2D eigenvalue weighted by Gasteiger charge is -2.32. The largest absolute Gasteiger partial charge is 0.469 e. The van der Waals surface area contributed by atoms with Crippen LogP contribution in [0.25, 0.3) is 0 Å². The van der Waals surface area contributed by atoms with Gasteiger partial charge in [-0.1, -0.05) is 0 Å². The summed E-state index contributed by atoms with van der Waals surface area (Å²) < 4.78 is 4.62. The van der Waals surface area contributed by atoms with Crippen molar-refractivity contribution in [2.75, 3.05) is 26.7 Å². The van der Waals surface area contributed by atoms with Crippen LogP contribution in [0.4, 0.5) is 0 Å². The van der Waals surface area contributed by atoms with E-state index in [1.807, 2.05) is 0 Å². The molecule has 0 aromatic heterocycles. The highest BCUT2D eigenvalue weighted by Gasteiger charge is 2.19. The molecule has 1 unspecified atom stereocenters. The van der Waals surface area contributed by atoms with Crippen LogP contribution in [0, 0.1) is 5.92 Å². The number of rotatable bonds is 7.